The van der Waals surface area contributed by atoms with E-state index in [1.807, 2.05) is 6.07 Å². The number of alkyl carbamates (subject to hydrolysis) is 1. The van der Waals surface area contributed by atoms with Crippen molar-refractivity contribution in [2.75, 3.05) is 0 Å². The van der Waals surface area contributed by atoms with Crippen LogP contribution in [-0.4, -0.2) is 28.8 Å². The lowest BCUT2D eigenvalue weighted by Gasteiger charge is -2.23. The van der Waals surface area contributed by atoms with E-state index in [1.54, 1.807) is 45.0 Å². The van der Waals surface area contributed by atoms with Gasteiger partial charge in [-0.05, 0) is 44.9 Å². The number of amides is 1. The Morgan fingerprint density at radius 2 is 1.91 bits per heavy atom. The molecule has 1 aromatic rings. The number of nitriles is 1. The number of ether oxygens (including phenoxy) is 1. The third-order valence-electron chi connectivity index (χ3n) is 2.71. The van der Waals surface area contributed by atoms with Gasteiger partial charge in [0.25, 0.3) is 0 Å². The van der Waals surface area contributed by atoms with Crippen molar-refractivity contribution in [2.24, 2.45) is 0 Å². The molecule has 0 bridgehead atoms. The van der Waals surface area contributed by atoms with Crippen LogP contribution < -0.4 is 5.32 Å². The molecule has 6 heteroatoms. The Bertz CT molecular complexity index is 567. The number of carbonyl (C=O) groups is 2. The van der Waals surface area contributed by atoms with Crippen LogP contribution in [0.1, 0.15) is 38.3 Å². The van der Waals surface area contributed by atoms with Gasteiger partial charge in [-0.2, -0.15) is 5.26 Å². The number of carbonyl (C=O) groups excluding carboxylic acids is 1. The summed E-state index contributed by atoms with van der Waals surface area (Å²) in [6.45, 7) is 5.21. The minimum Gasteiger partial charge on any atom is -0.481 e. The molecular weight excluding hydrogens is 284 g/mol. The Morgan fingerprint density at radius 3 is 2.36 bits per heavy atom. The maximum absolute atomic E-state index is 11.8. The summed E-state index contributed by atoms with van der Waals surface area (Å²) in [6, 6.07) is 8.22. The molecule has 2 N–H and O–H groups in total. The van der Waals surface area contributed by atoms with Crippen LogP contribution in [0.3, 0.4) is 0 Å². The van der Waals surface area contributed by atoms with Gasteiger partial charge in [0.2, 0.25) is 0 Å². The van der Waals surface area contributed by atoms with Crippen molar-refractivity contribution in [3.05, 3.63) is 35.4 Å². The standard InChI is InChI=1S/C16H20N2O4/c1-16(2,3)22-15(21)18-13(9-14(19)20)8-11-4-6-12(10-17)7-5-11/h4-7,13H,8-9H2,1-3H3,(H,18,21)(H,19,20)/t13-/m1/s1. The molecule has 0 aromatic heterocycles. The van der Waals surface area contributed by atoms with Crippen molar-refractivity contribution < 1.29 is 19.4 Å². The molecule has 1 amide bonds. The van der Waals surface area contributed by atoms with Gasteiger partial charge in [0.15, 0.2) is 0 Å². The Balaban J connectivity index is 2.73. The van der Waals surface area contributed by atoms with E-state index < -0.39 is 23.7 Å². The first kappa shape index (κ1) is 17.5. The molecule has 0 unspecified atom stereocenters. The van der Waals surface area contributed by atoms with Gasteiger partial charge in [-0.3, -0.25) is 4.79 Å². The van der Waals surface area contributed by atoms with Gasteiger partial charge < -0.3 is 15.2 Å². The van der Waals surface area contributed by atoms with Gasteiger partial charge in [0, 0.05) is 6.04 Å². The van der Waals surface area contributed by atoms with Gasteiger partial charge in [-0.1, -0.05) is 12.1 Å². The van der Waals surface area contributed by atoms with E-state index in [2.05, 4.69) is 5.32 Å². The molecule has 0 aliphatic rings. The molecule has 0 aliphatic heterocycles. The third-order valence-corrected chi connectivity index (χ3v) is 2.71. The fourth-order valence-electron chi connectivity index (χ4n) is 1.86. The Hall–Kier alpha value is -2.55. The molecule has 0 fully saturated rings. The van der Waals surface area contributed by atoms with Crippen LogP contribution in [0, 0.1) is 11.3 Å². The number of carboxylic acids is 1. The lowest BCUT2D eigenvalue weighted by atomic mass is 10.0. The first-order valence-corrected chi connectivity index (χ1v) is 6.90. The van der Waals surface area contributed by atoms with Crippen LogP contribution >= 0.6 is 0 Å². The molecule has 1 aromatic carbocycles. The summed E-state index contributed by atoms with van der Waals surface area (Å²) in [5.41, 5.74) is 0.715. The van der Waals surface area contributed by atoms with Gasteiger partial charge in [-0.25, -0.2) is 4.79 Å². The lowest BCUT2D eigenvalue weighted by molar-refractivity contribution is -0.137. The highest BCUT2D eigenvalue weighted by molar-refractivity contribution is 5.71. The van der Waals surface area contributed by atoms with Crippen LogP contribution in [-0.2, 0) is 16.0 Å². The number of hydrogen-bond donors (Lipinski definition) is 2. The van der Waals surface area contributed by atoms with Crippen molar-refractivity contribution >= 4 is 12.1 Å². The number of rotatable bonds is 5. The minimum absolute atomic E-state index is 0.209. The average Bonchev–Trinajstić information content (AvgIpc) is 2.36. The molecule has 0 heterocycles. The number of benzene rings is 1. The second-order valence-corrected chi connectivity index (χ2v) is 5.95. The molecule has 0 radical (unpaired) electrons. The zero-order valence-corrected chi connectivity index (χ0v) is 12.9. The Labute approximate surface area is 129 Å². The normalized spacial score (nSPS) is 12.1. The SMILES string of the molecule is CC(C)(C)OC(=O)N[C@@H](CC(=O)O)Cc1ccc(C#N)cc1. The molecule has 0 aliphatic carbocycles. The van der Waals surface area contributed by atoms with E-state index in [4.69, 9.17) is 15.1 Å². The van der Waals surface area contributed by atoms with Crippen LogP contribution in [0.4, 0.5) is 4.79 Å². The second-order valence-electron chi connectivity index (χ2n) is 5.95. The molecule has 22 heavy (non-hydrogen) atoms. The summed E-state index contributed by atoms with van der Waals surface area (Å²) in [5.74, 6) is -1.00. The van der Waals surface area contributed by atoms with Crippen LogP contribution in [0.2, 0.25) is 0 Å². The third kappa shape index (κ3) is 6.75. The molecule has 118 valence electrons. The van der Waals surface area contributed by atoms with Crippen molar-refractivity contribution in [1.29, 1.82) is 5.26 Å². The van der Waals surface area contributed by atoms with Crippen LogP contribution in [0.25, 0.3) is 0 Å². The maximum atomic E-state index is 11.8. The van der Waals surface area contributed by atoms with E-state index >= 15 is 0 Å². The predicted octanol–water partition coefficient (Wildman–Crippen LogP) is 2.47. The lowest BCUT2D eigenvalue weighted by Crippen LogP contribution is -2.41. The van der Waals surface area contributed by atoms with Crippen molar-refractivity contribution in [1.82, 2.24) is 5.32 Å². The van der Waals surface area contributed by atoms with Gasteiger partial charge >= 0.3 is 12.1 Å². The highest BCUT2D eigenvalue weighted by Crippen LogP contribution is 2.11. The minimum atomic E-state index is -1.00. The monoisotopic (exact) mass is 304 g/mol. The molecule has 1 atom stereocenters. The summed E-state index contributed by atoms with van der Waals surface area (Å²) in [6.07, 6.45) is -0.511. The fraction of sp³-hybridized carbons (Fsp3) is 0.438. The smallest absolute Gasteiger partial charge is 0.407 e. The fourth-order valence-corrected chi connectivity index (χ4v) is 1.86. The van der Waals surface area contributed by atoms with E-state index in [-0.39, 0.29) is 6.42 Å². The zero-order valence-electron chi connectivity index (χ0n) is 12.9. The quantitative estimate of drug-likeness (QED) is 0.870. The maximum Gasteiger partial charge on any atom is 0.407 e. The van der Waals surface area contributed by atoms with Gasteiger partial charge in [0.05, 0.1) is 18.1 Å². The molecule has 6 nitrogen and oxygen atoms in total. The van der Waals surface area contributed by atoms with Crippen molar-refractivity contribution in [2.45, 2.75) is 45.3 Å². The highest BCUT2D eigenvalue weighted by atomic mass is 16.6. The second kappa shape index (κ2) is 7.46. The topological polar surface area (TPSA) is 99.4 Å². The van der Waals surface area contributed by atoms with Gasteiger partial charge in [0.1, 0.15) is 5.60 Å². The number of hydrogen-bond acceptors (Lipinski definition) is 4. The van der Waals surface area contributed by atoms with Crippen LogP contribution in [0.5, 0.6) is 0 Å². The average molecular weight is 304 g/mol. The van der Waals surface area contributed by atoms with E-state index in [9.17, 15) is 9.59 Å². The summed E-state index contributed by atoms with van der Waals surface area (Å²) in [5, 5.41) is 20.3. The molecule has 0 saturated heterocycles. The van der Waals surface area contributed by atoms with Crippen molar-refractivity contribution in [3.63, 3.8) is 0 Å². The number of nitrogens with zero attached hydrogens (tertiary/aromatic N) is 1. The first-order valence-electron chi connectivity index (χ1n) is 6.90. The predicted molar refractivity (Wildman–Crippen MR) is 80.3 cm³/mol. The Kier molecular flexibility index (Phi) is 5.93. The molecular formula is C16H20N2O4. The van der Waals surface area contributed by atoms with Gasteiger partial charge in [-0.15, -0.1) is 0 Å². The van der Waals surface area contributed by atoms with E-state index in [1.165, 1.54) is 0 Å². The molecule has 0 spiro atoms. The summed E-state index contributed by atoms with van der Waals surface area (Å²) < 4.78 is 5.14. The number of aliphatic carboxylic acids is 1. The molecule has 0 saturated carbocycles. The first-order chi connectivity index (χ1) is 10.2. The summed E-state index contributed by atoms with van der Waals surface area (Å²) >= 11 is 0. The van der Waals surface area contributed by atoms with E-state index in [0.717, 1.165) is 5.56 Å². The van der Waals surface area contributed by atoms with E-state index in [0.29, 0.717) is 12.0 Å². The summed E-state index contributed by atoms with van der Waals surface area (Å²) in [7, 11) is 0. The zero-order chi connectivity index (χ0) is 16.8. The highest BCUT2D eigenvalue weighted by Gasteiger charge is 2.21. The summed E-state index contributed by atoms with van der Waals surface area (Å²) in [4.78, 5) is 22.7. The van der Waals surface area contributed by atoms with Crippen LogP contribution in [0.15, 0.2) is 24.3 Å². The molecule has 1 rings (SSSR count). The number of carboxylic acid groups (broad SMARTS) is 1. The Morgan fingerprint density at radius 1 is 1.32 bits per heavy atom. The largest absolute Gasteiger partial charge is 0.481 e. The number of nitrogens with one attached hydrogen (secondary N) is 1. The van der Waals surface area contributed by atoms with Crippen molar-refractivity contribution in [3.8, 4) is 6.07 Å².